The molecule has 5 rings (SSSR count). The van der Waals surface area contributed by atoms with Crippen molar-refractivity contribution in [1.29, 1.82) is 0 Å². The third-order valence-corrected chi connectivity index (χ3v) is 5.47. The second kappa shape index (κ2) is 9.03. The topological polar surface area (TPSA) is 107 Å². The smallest absolute Gasteiger partial charge is 0.324 e. The number of nitrogens with one attached hydrogen (secondary N) is 2. The van der Waals surface area contributed by atoms with Crippen molar-refractivity contribution in [3.8, 4) is 17.2 Å². The number of nitrogen functional groups attached to an aromatic ring is 1. The zero-order chi connectivity index (χ0) is 23.7. The van der Waals surface area contributed by atoms with Crippen LogP contribution in [0.2, 0.25) is 5.02 Å². The summed E-state index contributed by atoms with van der Waals surface area (Å²) < 4.78 is 21.9. The van der Waals surface area contributed by atoms with Crippen LogP contribution >= 0.6 is 11.6 Å². The minimum Gasteiger partial charge on any atom is -0.457 e. The molecule has 34 heavy (non-hydrogen) atoms. The first-order chi connectivity index (χ1) is 16.4. The van der Waals surface area contributed by atoms with E-state index in [0.717, 1.165) is 24.2 Å². The number of rotatable bonds is 6. The maximum Gasteiger partial charge on any atom is 0.324 e. The molecule has 4 N–H and O–H groups in total. The third kappa shape index (κ3) is 4.94. The summed E-state index contributed by atoms with van der Waals surface area (Å²) in [5.41, 5.74) is 7.27. The Morgan fingerprint density at radius 2 is 1.82 bits per heavy atom. The summed E-state index contributed by atoms with van der Waals surface area (Å²) in [7, 11) is 0. The number of aromatic nitrogens is 3. The van der Waals surface area contributed by atoms with Crippen LogP contribution in [0.4, 0.5) is 26.5 Å². The molecule has 8 nitrogen and oxygen atoms in total. The third-order valence-electron chi connectivity index (χ3n) is 5.21. The molecule has 10 heteroatoms. The van der Waals surface area contributed by atoms with E-state index in [-0.39, 0.29) is 17.3 Å². The highest BCUT2D eigenvalue weighted by molar-refractivity contribution is 6.30. The van der Waals surface area contributed by atoms with E-state index in [0.29, 0.717) is 22.5 Å². The molecule has 0 radical (unpaired) electrons. The summed E-state index contributed by atoms with van der Waals surface area (Å²) in [4.78, 5) is 16.6. The summed E-state index contributed by atoms with van der Waals surface area (Å²) in [5, 5.41) is 10.5. The van der Waals surface area contributed by atoms with Gasteiger partial charge in [-0.3, -0.25) is 5.32 Å². The van der Waals surface area contributed by atoms with E-state index in [1.807, 2.05) is 18.2 Å². The molecule has 1 saturated carbocycles. The Hall–Kier alpha value is -4.11. The highest BCUT2D eigenvalue weighted by Crippen LogP contribution is 2.40. The fourth-order valence-electron chi connectivity index (χ4n) is 3.40. The van der Waals surface area contributed by atoms with Crippen molar-refractivity contribution in [2.24, 2.45) is 0 Å². The number of urea groups is 1. The zero-order valence-electron chi connectivity index (χ0n) is 17.8. The van der Waals surface area contributed by atoms with E-state index in [1.165, 1.54) is 24.4 Å². The van der Waals surface area contributed by atoms with Crippen molar-refractivity contribution in [1.82, 2.24) is 14.8 Å². The van der Waals surface area contributed by atoms with E-state index in [1.54, 1.807) is 28.9 Å². The summed E-state index contributed by atoms with van der Waals surface area (Å²) >= 11 is 6.00. The van der Waals surface area contributed by atoms with Crippen molar-refractivity contribution >= 4 is 35.0 Å². The first kappa shape index (κ1) is 21.7. The van der Waals surface area contributed by atoms with Gasteiger partial charge in [-0.2, -0.15) is 5.10 Å². The Kier molecular flexibility index (Phi) is 5.77. The van der Waals surface area contributed by atoms with Gasteiger partial charge in [0, 0.05) is 35.3 Å². The quantitative estimate of drug-likeness (QED) is 0.317. The van der Waals surface area contributed by atoms with E-state index >= 15 is 0 Å². The first-order valence-corrected chi connectivity index (χ1v) is 11.0. The summed E-state index contributed by atoms with van der Waals surface area (Å²) in [6.07, 6.45) is 3.62. The molecule has 0 bridgehead atoms. The normalized spacial score (nSPS) is 12.9. The molecule has 2 heterocycles. The van der Waals surface area contributed by atoms with Gasteiger partial charge in [0.2, 0.25) is 0 Å². The predicted molar refractivity (Wildman–Crippen MR) is 128 cm³/mol. The van der Waals surface area contributed by atoms with Crippen LogP contribution in [0.5, 0.6) is 11.5 Å². The van der Waals surface area contributed by atoms with Crippen molar-refractivity contribution in [2.45, 2.75) is 18.8 Å². The van der Waals surface area contributed by atoms with Gasteiger partial charge in [-0.1, -0.05) is 11.6 Å². The molecule has 0 aliphatic heterocycles. The second-order valence-electron chi connectivity index (χ2n) is 7.86. The van der Waals surface area contributed by atoms with Gasteiger partial charge < -0.3 is 15.8 Å². The van der Waals surface area contributed by atoms with Crippen molar-refractivity contribution in [2.75, 3.05) is 16.4 Å². The summed E-state index contributed by atoms with van der Waals surface area (Å²) in [6, 6.07) is 15.6. The van der Waals surface area contributed by atoms with Gasteiger partial charge in [0.05, 0.1) is 17.1 Å². The largest absolute Gasteiger partial charge is 0.457 e. The van der Waals surface area contributed by atoms with E-state index in [4.69, 9.17) is 22.1 Å². The van der Waals surface area contributed by atoms with Crippen LogP contribution in [0.1, 0.15) is 24.5 Å². The number of anilines is 3. The number of amides is 2. The number of pyridine rings is 1. The van der Waals surface area contributed by atoms with Crippen LogP contribution in [0.25, 0.3) is 5.69 Å². The van der Waals surface area contributed by atoms with E-state index in [9.17, 15) is 9.18 Å². The molecule has 2 aromatic carbocycles. The number of carbonyl (C=O) groups excluding carboxylic acids is 1. The number of hydrogen-bond acceptors (Lipinski definition) is 5. The Morgan fingerprint density at radius 1 is 1.06 bits per heavy atom. The Bertz CT molecular complexity index is 1350. The monoisotopic (exact) mass is 478 g/mol. The lowest BCUT2D eigenvalue weighted by Crippen LogP contribution is -2.22. The molecule has 0 unspecified atom stereocenters. The molecule has 0 saturated heterocycles. The number of ether oxygens (including phenoxy) is 1. The lowest BCUT2D eigenvalue weighted by atomic mass is 10.3. The average molecular weight is 479 g/mol. The number of nitrogens with zero attached hydrogens (tertiary/aromatic N) is 3. The molecule has 1 aliphatic rings. The van der Waals surface area contributed by atoms with Crippen LogP contribution in [-0.2, 0) is 0 Å². The fraction of sp³-hybridized carbons (Fsp3) is 0.125. The van der Waals surface area contributed by atoms with Gasteiger partial charge >= 0.3 is 6.03 Å². The van der Waals surface area contributed by atoms with Crippen LogP contribution < -0.4 is 21.1 Å². The molecule has 2 aromatic heterocycles. The maximum atomic E-state index is 14.6. The zero-order valence-corrected chi connectivity index (χ0v) is 18.6. The average Bonchev–Trinajstić information content (AvgIpc) is 3.57. The number of benzene rings is 2. The van der Waals surface area contributed by atoms with Crippen LogP contribution in [0.3, 0.4) is 0 Å². The SMILES string of the molecule is Nc1cc(Oc2ccc(NC(=O)Nc3cc(C4CC4)nn3-c3ccc(Cl)cc3)c(F)c2)ccn1. The molecule has 0 atom stereocenters. The van der Waals surface area contributed by atoms with Gasteiger partial charge in [0.25, 0.3) is 0 Å². The second-order valence-corrected chi connectivity index (χ2v) is 8.29. The number of nitrogens with two attached hydrogens (primary N) is 1. The molecular formula is C24H20ClFN6O2. The van der Waals surface area contributed by atoms with Gasteiger partial charge in [0.1, 0.15) is 29.0 Å². The summed E-state index contributed by atoms with van der Waals surface area (Å²) in [5.74, 6) is 1.17. The molecule has 2 amide bonds. The van der Waals surface area contributed by atoms with Crippen LogP contribution in [0, 0.1) is 5.82 Å². The number of carbonyl (C=O) groups is 1. The van der Waals surface area contributed by atoms with E-state index in [2.05, 4.69) is 20.7 Å². The van der Waals surface area contributed by atoms with Crippen LogP contribution in [-0.4, -0.2) is 20.8 Å². The van der Waals surface area contributed by atoms with Gasteiger partial charge in [-0.25, -0.2) is 18.9 Å². The Balaban J connectivity index is 1.31. The highest BCUT2D eigenvalue weighted by atomic mass is 35.5. The molecule has 172 valence electrons. The highest BCUT2D eigenvalue weighted by Gasteiger charge is 2.28. The van der Waals surface area contributed by atoms with Crippen molar-refractivity contribution in [3.63, 3.8) is 0 Å². The molecule has 4 aromatic rings. The van der Waals surface area contributed by atoms with Gasteiger partial charge in [-0.15, -0.1) is 0 Å². The fourth-order valence-corrected chi connectivity index (χ4v) is 3.53. The molecule has 1 fully saturated rings. The van der Waals surface area contributed by atoms with Crippen LogP contribution in [0.15, 0.2) is 66.9 Å². The van der Waals surface area contributed by atoms with Crippen molar-refractivity contribution in [3.05, 3.63) is 83.4 Å². The Morgan fingerprint density at radius 3 is 2.53 bits per heavy atom. The molecule has 0 spiro atoms. The van der Waals surface area contributed by atoms with Gasteiger partial charge in [0.15, 0.2) is 0 Å². The minimum absolute atomic E-state index is 0.000864. The van der Waals surface area contributed by atoms with Crippen molar-refractivity contribution < 1.29 is 13.9 Å². The number of halogens is 2. The molecular weight excluding hydrogens is 459 g/mol. The predicted octanol–water partition coefficient (Wildman–Crippen LogP) is 5.96. The first-order valence-electron chi connectivity index (χ1n) is 10.6. The lowest BCUT2D eigenvalue weighted by Gasteiger charge is -2.12. The Labute approximate surface area is 199 Å². The summed E-state index contributed by atoms with van der Waals surface area (Å²) in [6.45, 7) is 0. The lowest BCUT2D eigenvalue weighted by molar-refractivity contribution is 0.262. The standard InChI is InChI=1S/C24H20ClFN6O2/c25-15-3-5-16(6-4-15)32-23(13-21(31-32)14-1-2-14)30-24(33)29-20-8-7-17(11-19(20)26)34-18-9-10-28-22(27)12-18/h3-14H,1-2H2,(H2,27,28)(H2,29,30,33). The van der Waals surface area contributed by atoms with Gasteiger partial charge in [-0.05, 0) is 55.3 Å². The number of hydrogen-bond donors (Lipinski definition) is 3. The minimum atomic E-state index is -0.653. The molecule has 1 aliphatic carbocycles. The van der Waals surface area contributed by atoms with E-state index < -0.39 is 11.8 Å². The maximum absolute atomic E-state index is 14.6.